The molecule has 2 atom stereocenters. The van der Waals surface area contributed by atoms with E-state index in [1.54, 1.807) is 11.3 Å². The summed E-state index contributed by atoms with van der Waals surface area (Å²) in [5.41, 5.74) is 3.33. The SMILES string of the molecule is C[C@H]1CCc2c(sc3nc(SCC(=O)N4c5ccccc5C[C@H]4C)[nH]c(=O)c23)C1. The summed E-state index contributed by atoms with van der Waals surface area (Å²) in [5, 5.41) is 1.29. The molecule has 0 saturated carbocycles. The van der Waals surface area contributed by atoms with Gasteiger partial charge in [0, 0.05) is 16.6 Å². The van der Waals surface area contributed by atoms with Gasteiger partial charge in [0.15, 0.2) is 5.16 Å². The molecule has 0 bridgehead atoms. The maximum Gasteiger partial charge on any atom is 0.260 e. The fraction of sp³-hybridized carbons (Fsp3) is 0.409. The van der Waals surface area contributed by atoms with Crippen molar-refractivity contribution in [1.29, 1.82) is 0 Å². The number of thioether (sulfide) groups is 1. The Morgan fingerprint density at radius 2 is 2.14 bits per heavy atom. The highest BCUT2D eigenvalue weighted by Gasteiger charge is 2.30. The van der Waals surface area contributed by atoms with E-state index in [0.29, 0.717) is 11.1 Å². The normalized spacial score (nSPS) is 20.7. The lowest BCUT2D eigenvalue weighted by Crippen LogP contribution is -2.37. The van der Waals surface area contributed by atoms with Crippen LogP contribution in [-0.4, -0.2) is 27.7 Å². The fourth-order valence-corrected chi connectivity index (χ4v) is 6.70. The van der Waals surface area contributed by atoms with Crippen LogP contribution in [0.3, 0.4) is 0 Å². The molecule has 0 spiro atoms. The number of nitrogens with zero attached hydrogens (tertiary/aromatic N) is 2. The summed E-state index contributed by atoms with van der Waals surface area (Å²) < 4.78 is 0. The van der Waals surface area contributed by atoms with Gasteiger partial charge in [0.2, 0.25) is 5.91 Å². The summed E-state index contributed by atoms with van der Waals surface area (Å²) in [7, 11) is 0. The first-order valence-corrected chi connectivity index (χ1v) is 11.9. The molecule has 1 aliphatic carbocycles. The smallest absolute Gasteiger partial charge is 0.260 e. The standard InChI is InChI=1S/C22H23N3O2S2/c1-12-7-8-15-17(9-12)29-21-19(15)20(27)23-22(24-21)28-11-18(26)25-13(2)10-14-5-3-4-6-16(14)25/h3-6,12-13H,7-11H2,1-2H3,(H,23,24,27)/t12-,13+/m0/s1. The van der Waals surface area contributed by atoms with Crippen LogP contribution < -0.4 is 10.5 Å². The molecule has 1 amide bonds. The number of nitrogens with one attached hydrogen (secondary N) is 1. The Hall–Kier alpha value is -2.12. The zero-order chi connectivity index (χ0) is 20.1. The van der Waals surface area contributed by atoms with Crippen LogP contribution in [-0.2, 0) is 24.1 Å². The molecule has 5 nitrogen and oxygen atoms in total. The van der Waals surface area contributed by atoms with Crippen molar-refractivity contribution in [2.75, 3.05) is 10.7 Å². The van der Waals surface area contributed by atoms with E-state index in [9.17, 15) is 9.59 Å². The highest BCUT2D eigenvalue weighted by molar-refractivity contribution is 7.99. The highest BCUT2D eigenvalue weighted by Crippen LogP contribution is 2.36. The Balaban J connectivity index is 1.37. The number of anilines is 1. The number of aryl methyl sites for hydroxylation is 1. The Kier molecular flexibility index (Phi) is 4.75. The van der Waals surface area contributed by atoms with Crippen molar-refractivity contribution in [3.63, 3.8) is 0 Å². The van der Waals surface area contributed by atoms with Crippen molar-refractivity contribution in [2.24, 2.45) is 5.92 Å². The van der Waals surface area contributed by atoms with Crippen LogP contribution in [0.5, 0.6) is 0 Å². The van der Waals surface area contributed by atoms with Gasteiger partial charge in [0.1, 0.15) is 4.83 Å². The van der Waals surface area contributed by atoms with E-state index in [-0.39, 0.29) is 23.3 Å². The lowest BCUT2D eigenvalue weighted by atomic mass is 9.89. The molecule has 3 aromatic rings. The number of rotatable bonds is 3. The Bertz CT molecular complexity index is 1170. The molecule has 3 heterocycles. The van der Waals surface area contributed by atoms with E-state index in [4.69, 9.17) is 0 Å². The van der Waals surface area contributed by atoms with Gasteiger partial charge in [-0.1, -0.05) is 36.9 Å². The maximum absolute atomic E-state index is 12.9. The topological polar surface area (TPSA) is 66.1 Å². The number of amides is 1. The van der Waals surface area contributed by atoms with Crippen LogP contribution in [0.25, 0.3) is 10.2 Å². The molecule has 1 aromatic carbocycles. The minimum absolute atomic E-state index is 0.0505. The molecule has 150 valence electrons. The third-order valence-corrected chi connectivity index (χ3v) is 7.96. The molecule has 0 unspecified atom stereocenters. The van der Waals surface area contributed by atoms with Crippen LogP contribution in [0.4, 0.5) is 5.69 Å². The predicted octanol–water partition coefficient (Wildman–Crippen LogP) is 4.18. The molecule has 0 radical (unpaired) electrons. The van der Waals surface area contributed by atoms with Crippen molar-refractivity contribution in [3.8, 4) is 0 Å². The maximum atomic E-state index is 12.9. The van der Waals surface area contributed by atoms with E-state index in [1.165, 1.54) is 27.8 Å². The minimum atomic E-state index is -0.0723. The fourth-order valence-electron chi connectivity index (χ4n) is 4.54. The van der Waals surface area contributed by atoms with Gasteiger partial charge in [-0.25, -0.2) is 4.98 Å². The summed E-state index contributed by atoms with van der Waals surface area (Å²) in [4.78, 5) is 37.2. The average Bonchev–Trinajstić information content (AvgIpc) is 3.22. The third kappa shape index (κ3) is 3.30. The van der Waals surface area contributed by atoms with Crippen molar-refractivity contribution < 1.29 is 4.79 Å². The largest absolute Gasteiger partial charge is 0.308 e. The summed E-state index contributed by atoms with van der Waals surface area (Å²) >= 11 is 2.96. The predicted molar refractivity (Wildman–Crippen MR) is 119 cm³/mol. The highest BCUT2D eigenvalue weighted by atomic mass is 32.2. The van der Waals surface area contributed by atoms with Crippen LogP contribution >= 0.6 is 23.1 Å². The molecule has 29 heavy (non-hydrogen) atoms. The molecule has 0 fully saturated rings. The number of hydrogen-bond donors (Lipinski definition) is 1. The number of aromatic amines is 1. The van der Waals surface area contributed by atoms with Gasteiger partial charge >= 0.3 is 0 Å². The molecular weight excluding hydrogens is 402 g/mol. The molecule has 1 N–H and O–H groups in total. The minimum Gasteiger partial charge on any atom is -0.308 e. The number of carbonyl (C=O) groups excluding carboxylic acids is 1. The second kappa shape index (κ2) is 7.29. The zero-order valence-electron chi connectivity index (χ0n) is 16.5. The molecule has 0 saturated heterocycles. The van der Waals surface area contributed by atoms with Crippen LogP contribution in [0.2, 0.25) is 0 Å². The van der Waals surface area contributed by atoms with Crippen molar-refractivity contribution in [1.82, 2.24) is 9.97 Å². The van der Waals surface area contributed by atoms with Crippen molar-refractivity contribution in [3.05, 3.63) is 50.6 Å². The number of H-pyrrole nitrogens is 1. The molecule has 7 heteroatoms. The lowest BCUT2D eigenvalue weighted by molar-refractivity contribution is -0.116. The summed E-state index contributed by atoms with van der Waals surface area (Å²) in [6.45, 7) is 4.33. The molecule has 2 aliphatic rings. The van der Waals surface area contributed by atoms with E-state index < -0.39 is 0 Å². The number of fused-ring (bicyclic) bond motifs is 4. The van der Waals surface area contributed by atoms with Gasteiger partial charge in [0.25, 0.3) is 5.56 Å². The van der Waals surface area contributed by atoms with Crippen LogP contribution in [0.1, 0.15) is 36.3 Å². The zero-order valence-corrected chi connectivity index (χ0v) is 18.2. The number of benzene rings is 1. The van der Waals surface area contributed by atoms with Crippen molar-refractivity contribution >= 4 is 44.9 Å². The summed E-state index contributed by atoms with van der Waals surface area (Å²) in [6.07, 6.45) is 3.99. The number of thiophene rings is 1. The third-order valence-electron chi connectivity index (χ3n) is 5.95. The molecular formula is C22H23N3O2S2. The number of hydrogen-bond acceptors (Lipinski definition) is 5. The van der Waals surface area contributed by atoms with Gasteiger partial charge in [-0.3, -0.25) is 9.59 Å². The number of aromatic nitrogens is 2. The quantitative estimate of drug-likeness (QED) is 0.505. The molecule has 5 rings (SSSR count). The van der Waals surface area contributed by atoms with Crippen LogP contribution in [0.15, 0.2) is 34.2 Å². The van der Waals surface area contributed by atoms with Crippen LogP contribution in [0, 0.1) is 5.92 Å². The lowest BCUT2D eigenvalue weighted by Gasteiger charge is -2.22. The second-order valence-corrected chi connectivity index (χ2v) is 10.2. The summed E-state index contributed by atoms with van der Waals surface area (Å²) in [6, 6.07) is 8.22. The monoisotopic (exact) mass is 425 g/mol. The molecule has 1 aliphatic heterocycles. The van der Waals surface area contributed by atoms with Gasteiger partial charge in [-0.05, 0) is 55.7 Å². The Morgan fingerprint density at radius 1 is 1.31 bits per heavy atom. The first-order chi connectivity index (χ1) is 14.0. The summed E-state index contributed by atoms with van der Waals surface area (Å²) in [5.74, 6) is 0.968. The van der Waals surface area contributed by atoms with E-state index in [2.05, 4.69) is 29.9 Å². The second-order valence-electron chi connectivity index (χ2n) is 8.14. The first-order valence-electron chi connectivity index (χ1n) is 10.1. The first kappa shape index (κ1) is 18.9. The van der Waals surface area contributed by atoms with E-state index >= 15 is 0 Å². The van der Waals surface area contributed by atoms with Gasteiger partial charge in [-0.15, -0.1) is 11.3 Å². The van der Waals surface area contributed by atoms with E-state index in [0.717, 1.165) is 41.6 Å². The Morgan fingerprint density at radius 3 is 3.00 bits per heavy atom. The van der Waals surface area contributed by atoms with E-state index in [1.807, 2.05) is 23.1 Å². The van der Waals surface area contributed by atoms with Gasteiger partial charge in [-0.2, -0.15) is 0 Å². The number of carbonyl (C=O) groups is 1. The molecule has 2 aromatic heterocycles. The van der Waals surface area contributed by atoms with Gasteiger partial charge < -0.3 is 9.88 Å². The number of para-hydroxylation sites is 1. The van der Waals surface area contributed by atoms with Gasteiger partial charge in [0.05, 0.1) is 11.1 Å². The average molecular weight is 426 g/mol. The van der Waals surface area contributed by atoms with Crippen molar-refractivity contribution in [2.45, 2.75) is 50.7 Å². The Labute approximate surface area is 177 Å².